The molecule has 0 saturated carbocycles. The molecule has 3 rings (SSSR count). The van der Waals surface area contributed by atoms with E-state index in [2.05, 4.69) is 31.4 Å². The number of aromatic amines is 1. The van der Waals surface area contributed by atoms with Gasteiger partial charge in [0, 0.05) is 9.86 Å². The zero-order chi connectivity index (χ0) is 19.2. The minimum atomic E-state index is -0.133. The van der Waals surface area contributed by atoms with Gasteiger partial charge >= 0.3 is 0 Å². The number of hydrogen-bond donors (Lipinski definition) is 2. The Balaban J connectivity index is 1.58. The number of anilines is 1. The molecule has 7 heteroatoms. The van der Waals surface area contributed by atoms with E-state index in [-0.39, 0.29) is 18.4 Å². The van der Waals surface area contributed by atoms with Crippen molar-refractivity contribution in [3.05, 3.63) is 52.5 Å². The highest BCUT2D eigenvalue weighted by atomic mass is 79.9. The Bertz CT molecular complexity index is 924. The van der Waals surface area contributed by atoms with Crippen molar-refractivity contribution in [1.29, 1.82) is 0 Å². The summed E-state index contributed by atoms with van der Waals surface area (Å²) in [7, 11) is 0. The molecule has 0 bridgehead atoms. The van der Waals surface area contributed by atoms with E-state index in [9.17, 15) is 4.79 Å². The van der Waals surface area contributed by atoms with Gasteiger partial charge in [-0.1, -0.05) is 28.1 Å². The maximum Gasteiger partial charge on any atom is 0.230 e. The molecule has 0 spiro atoms. The normalized spacial score (nSPS) is 11.1. The summed E-state index contributed by atoms with van der Waals surface area (Å²) in [5.74, 6) is 1.12. The third kappa shape index (κ3) is 5.55. The molecule has 0 radical (unpaired) electrons. The van der Waals surface area contributed by atoms with Crippen molar-refractivity contribution in [2.75, 3.05) is 18.5 Å². The average Bonchev–Trinajstić information content (AvgIpc) is 3.00. The number of rotatable bonds is 8. The van der Waals surface area contributed by atoms with Gasteiger partial charge in [0.2, 0.25) is 5.91 Å². The van der Waals surface area contributed by atoms with Crippen molar-refractivity contribution in [2.24, 2.45) is 0 Å². The van der Waals surface area contributed by atoms with Crippen LogP contribution in [0.3, 0.4) is 0 Å². The Morgan fingerprint density at radius 1 is 1.22 bits per heavy atom. The summed E-state index contributed by atoms with van der Waals surface area (Å²) in [6, 6.07) is 13.3. The molecule has 6 nitrogen and oxygen atoms in total. The number of ether oxygens (including phenoxy) is 2. The van der Waals surface area contributed by atoms with Gasteiger partial charge in [0.15, 0.2) is 5.82 Å². The SMILES string of the molecule is CC(C)OCCOc1cccc(CC(=O)Nc2n[nH]c3cc(Br)ccc23)c1. The molecule has 2 aromatic carbocycles. The average molecular weight is 432 g/mol. The molecule has 1 amide bonds. The number of aromatic nitrogens is 2. The Hall–Kier alpha value is -2.38. The molecule has 0 aliphatic rings. The molecule has 3 aromatic rings. The van der Waals surface area contributed by atoms with Gasteiger partial charge in [-0.25, -0.2) is 0 Å². The van der Waals surface area contributed by atoms with Crippen LogP contribution in [0.15, 0.2) is 46.9 Å². The van der Waals surface area contributed by atoms with E-state index in [0.29, 0.717) is 19.0 Å². The van der Waals surface area contributed by atoms with Gasteiger partial charge in [0.1, 0.15) is 12.4 Å². The summed E-state index contributed by atoms with van der Waals surface area (Å²) in [6.07, 6.45) is 0.424. The first-order chi connectivity index (χ1) is 13.0. The number of benzene rings is 2. The molecule has 27 heavy (non-hydrogen) atoms. The van der Waals surface area contributed by atoms with Crippen LogP contribution in [-0.4, -0.2) is 35.4 Å². The number of nitrogens with one attached hydrogen (secondary N) is 2. The zero-order valence-electron chi connectivity index (χ0n) is 15.3. The topological polar surface area (TPSA) is 76.2 Å². The van der Waals surface area contributed by atoms with E-state index in [1.807, 2.05) is 56.3 Å². The molecule has 142 valence electrons. The van der Waals surface area contributed by atoms with Crippen LogP contribution in [0, 0.1) is 0 Å². The van der Waals surface area contributed by atoms with Crippen LogP contribution >= 0.6 is 15.9 Å². The van der Waals surface area contributed by atoms with Crippen LogP contribution in [0.5, 0.6) is 5.75 Å². The van der Waals surface area contributed by atoms with Crippen LogP contribution in [0.4, 0.5) is 5.82 Å². The second-order valence-corrected chi connectivity index (χ2v) is 7.32. The lowest BCUT2D eigenvalue weighted by Gasteiger charge is -2.10. The summed E-state index contributed by atoms with van der Waals surface area (Å²) < 4.78 is 12.1. The van der Waals surface area contributed by atoms with Gasteiger partial charge < -0.3 is 14.8 Å². The van der Waals surface area contributed by atoms with Crippen molar-refractivity contribution in [3.8, 4) is 5.75 Å². The van der Waals surface area contributed by atoms with Crippen molar-refractivity contribution >= 4 is 38.6 Å². The van der Waals surface area contributed by atoms with Gasteiger partial charge in [-0.15, -0.1) is 0 Å². The van der Waals surface area contributed by atoms with E-state index < -0.39 is 0 Å². The number of nitrogens with zero attached hydrogens (tertiary/aromatic N) is 1. The number of carbonyl (C=O) groups excluding carboxylic acids is 1. The predicted octanol–water partition coefficient (Wildman–Crippen LogP) is 4.31. The molecular formula is C20H22BrN3O3. The molecule has 0 saturated heterocycles. The second-order valence-electron chi connectivity index (χ2n) is 6.40. The lowest BCUT2D eigenvalue weighted by atomic mass is 10.1. The monoisotopic (exact) mass is 431 g/mol. The van der Waals surface area contributed by atoms with E-state index in [0.717, 1.165) is 26.7 Å². The third-order valence-electron chi connectivity index (χ3n) is 3.85. The third-order valence-corrected chi connectivity index (χ3v) is 4.34. The molecule has 0 fully saturated rings. The van der Waals surface area contributed by atoms with Gasteiger partial charge in [-0.05, 0) is 49.7 Å². The number of carbonyl (C=O) groups is 1. The quantitative estimate of drug-likeness (QED) is 0.520. The predicted molar refractivity (Wildman–Crippen MR) is 109 cm³/mol. The molecule has 1 aromatic heterocycles. The fourth-order valence-corrected chi connectivity index (χ4v) is 3.00. The van der Waals surface area contributed by atoms with E-state index >= 15 is 0 Å². The highest BCUT2D eigenvalue weighted by Gasteiger charge is 2.11. The second kappa shape index (κ2) is 9.01. The van der Waals surface area contributed by atoms with E-state index in [1.54, 1.807) is 0 Å². The molecule has 0 unspecified atom stereocenters. The number of halogens is 1. The van der Waals surface area contributed by atoms with Crippen LogP contribution < -0.4 is 10.1 Å². The summed E-state index contributed by atoms with van der Waals surface area (Å²) in [5, 5.41) is 10.8. The first kappa shape index (κ1) is 19.4. The number of amides is 1. The first-order valence-electron chi connectivity index (χ1n) is 8.78. The summed E-state index contributed by atoms with van der Waals surface area (Å²) in [5.41, 5.74) is 1.73. The smallest absolute Gasteiger partial charge is 0.230 e. The molecule has 0 aliphatic heterocycles. The highest BCUT2D eigenvalue weighted by Crippen LogP contribution is 2.24. The van der Waals surface area contributed by atoms with Crippen molar-refractivity contribution in [3.63, 3.8) is 0 Å². The minimum Gasteiger partial charge on any atom is -0.491 e. The van der Waals surface area contributed by atoms with Gasteiger partial charge in [-0.3, -0.25) is 9.89 Å². The number of fused-ring (bicyclic) bond motifs is 1. The highest BCUT2D eigenvalue weighted by molar-refractivity contribution is 9.10. The van der Waals surface area contributed by atoms with Gasteiger partial charge in [-0.2, -0.15) is 5.10 Å². The first-order valence-corrected chi connectivity index (χ1v) is 9.57. The van der Waals surface area contributed by atoms with Crippen LogP contribution in [-0.2, 0) is 16.0 Å². The van der Waals surface area contributed by atoms with Crippen molar-refractivity contribution in [1.82, 2.24) is 10.2 Å². The molecule has 0 aliphatic carbocycles. The maximum absolute atomic E-state index is 12.4. The van der Waals surface area contributed by atoms with E-state index in [1.165, 1.54) is 0 Å². The number of H-pyrrole nitrogens is 1. The Morgan fingerprint density at radius 3 is 2.89 bits per heavy atom. The van der Waals surface area contributed by atoms with Gasteiger partial charge in [0.05, 0.1) is 24.6 Å². The van der Waals surface area contributed by atoms with Crippen molar-refractivity contribution < 1.29 is 14.3 Å². The molecule has 1 heterocycles. The lowest BCUT2D eigenvalue weighted by molar-refractivity contribution is -0.115. The largest absolute Gasteiger partial charge is 0.491 e. The molecule has 0 atom stereocenters. The Labute approximate surface area is 166 Å². The number of hydrogen-bond acceptors (Lipinski definition) is 4. The van der Waals surface area contributed by atoms with Crippen molar-refractivity contribution in [2.45, 2.75) is 26.4 Å². The Morgan fingerprint density at radius 2 is 2.07 bits per heavy atom. The lowest BCUT2D eigenvalue weighted by Crippen LogP contribution is -2.15. The molecular weight excluding hydrogens is 410 g/mol. The van der Waals surface area contributed by atoms with Crippen LogP contribution in [0.25, 0.3) is 10.9 Å². The maximum atomic E-state index is 12.4. The van der Waals surface area contributed by atoms with Crippen LogP contribution in [0.2, 0.25) is 0 Å². The van der Waals surface area contributed by atoms with Gasteiger partial charge in [0.25, 0.3) is 0 Å². The summed E-state index contributed by atoms with van der Waals surface area (Å²) in [6.45, 7) is 4.98. The minimum absolute atomic E-state index is 0.133. The van der Waals surface area contributed by atoms with E-state index in [4.69, 9.17) is 9.47 Å². The summed E-state index contributed by atoms with van der Waals surface area (Å²) >= 11 is 3.42. The fraction of sp³-hybridized carbons (Fsp3) is 0.300. The molecule has 2 N–H and O–H groups in total. The Kier molecular flexibility index (Phi) is 6.47. The summed E-state index contributed by atoms with van der Waals surface area (Å²) in [4.78, 5) is 12.4. The zero-order valence-corrected chi connectivity index (χ0v) is 16.9. The van der Waals surface area contributed by atoms with Crippen LogP contribution in [0.1, 0.15) is 19.4 Å². The fourth-order valence-electron chi connectivity index (χ4n) is 2.64. The standard InChI is InChI=1S/C20H22BrN3O3/c1-13(2)26-8-9-27-16-5-3-4-14(10-16)11-19(25)22-20-17-7-6-15(21)12-18(17)23-24-20/h3-7,10,12-13H,8-9,11H2,1-2H3,(H2,22,23,24,25).